The lowest BCUT2D eigenvalue weighted by atomic mass is 10.1. The van der Waals surface area contributed by atoms with E-state index in [1.165, 1.54) is 12.1 Å². The van der Waals surface area contributed by atoms with Crippen LogP contribution in [0.3, 0.4) is 0 Å². The van der Waals surface area contributed by atoms with Gasteiger partial charge in [0, 0.05) is 12.6 Å². The van der Waals surface area contributed by atoms with Crippen molar-refractivity contribution in [1.29, 1.82) is 0 Å². The highest BCUT2D eigenvalue weighted by Crippen LogP contribution is 2.10. The van der Waals surface area contributed by atoms with E-state index in [-0.39, 0.29) is 11.9 Å². The highest BCUT2D eigenvalue weighted by Gasteiger charge is 2.17. The van der Waals surface area contributed by atoms with Crippen LogP contribution in [0, 0.1) is 5.82 Å². The van der Waals surface area contributed by atoms with E-state index >= 15 is 0 Å². The largest absolute Gasteiger partial charge is 0.375 e. The summed E-state index contributed by atoms with van der Waals surface area (Å²) >= 11 is 0. The first-order chi connectivity index (χ1) is 7.24. The highest BCUT2D eigenvalue weighted by molar-refractivity contribution is 5.17. The van der Waals surface area contributed by atoms with Crippen molar-refractivity contribution in [2.45, 2.75) is 25.5 Å². The molecule has 0 radical (unpaired) electrons. The minimum absolute atomic E-state index is 0.185. The molecular weight excluding hydrogens is 193 g/mol. The van der Waals surface area contributed by atoms with Gasteiger partial charge in [0.15, 0.2) is 0 Å². The molecule has 0 bridgehead atoms. The molecule has 1 aromatic carbocycles. The average Bonchev–Trinajstić information content (AvgIpc) is 2.25. The number of ether oxygens (including phenoxy) is 1. The topological polar surface area (TPSA) is 21.3 Å². The van der Waals surface area contributed by atoms with Crippen LogP contribution in [0.5, 0.6) is 0 Å². The smallest absolute Gasteiger partial charge is 0.123 e. The molecule has 1 aliphatic heterocycles. The van der Waals surface area contributed by atoms with Gasteiger partial charge in [-0.2, -0.15) is 0 Å². The maximum Gasteiger partial charge on any atom is 0.123 e. The van der Waals surface area contributed by atoms with E-state index in [9.17, 15) is 4.39 Å². The number of rotatable bonds is 2. The summed E-state index contributed by atoms with van der Waals surface area (Å²) in [6.07, 6.45) is 1.06. The van der Waals surface area contributed by atoms with Gasteiger partial charge in [0.05, 0.1) is 12.7 Å². The maximum atomic E-state index is 12.7. The van der Waals surface area contributed by atoms with Crippen molar-refractivity contribution < 1.29 is 9.13 Å². The van der Waals surface area contributed by atoms with Crippen molar-refractivity contribution in [2.24, 2.45) is 0 Å². The molecule has 15 heavy (non-hydrogen) atoms. The normalized spacial score (nSPS) is 26.5. The van der Waals surface area contributed by atoms with E-state index in [1.54, 1.807) is 0 Å². The summed E-state index contributed by atoms with van der Waals surface area (Å²) in [7, 11) is 0. The van der Waals surface area contributed by atoms with E-state index < -0.39 is 0 Å². The summed E-state index contributed by atoms with van der Waals surface area (Å²) in [5.41, 5.74) is 1.12. The molecule has 0 aromatic heterocycles. The van der Waals surface area contributed by atoms with E-state index in [0.717, 1.165) is 25.1 Å². The molecule has 2 nitrogen and oxygen atoms in total. The summed E-state index contributed by atoms with van der Waals surface area (Å²) in [6.45, 7) is 3.73. The van der Waals surface area contributed by atoms with Gasteiger partial charge in [0.2, 0.25) is 0 Å². The van der Waals surface area contributed by atoms with Crippen LogP contribution in [0.1, 0.15) is 12.5 Å². The summed E-state index contributed by atoms with van der Waals surface area (Å²) in [6, 6.07) is 7.06. The first-order valence-electron chi connectivity index (χ1n) is 5.33. The lowest BCUT2D eigenvalue weighted by molar-refractivity contribution is 0.00881. The third kappa shape index (κ3) is 3.01. The summed E-state index contributed by atoms with van der Waals surface area (Å²) in [4.78, 5) is 0. The lowest BCUT2D eigenvalue weighted by Gasteiger charge is -2.28. The fourth-order valence-electron chi connectivity index (χ4n) is 1.75. The molecule has 0 unspecified atom stereocenters. The average molecular weight is 209 g/mol. The summed E-state index contributed by atoms with van der Waals surface area (Å²) < 4.78 is 18.3. The van der Waals surface area contributed by atoms with Gasteiger partial charge >= 0.3 is 0 Å². The fourth-order valence-corrected chi connectivity index (χ4v) is 1.75. The zero-order chi connectivity index (χ0) is 10.7. The molecule has 3 heteroatoms. The Balaban J connectivity index is 1.89. The molecular formula is C12H16FNO. The third-order valence-corrected chi connectivity index (χ3v) is 2.65. The van der Waals surface area contributed by atoms with Gasteiger partial charge in [-0.05, 0) is 31.0 Å². The first-order valence-corrected chi connectivity index (χ1v) is 5.33. The predicted molar refractivity (Wildman–Crippen MR) is 57.3 cm³/mol. The fraction of sp³-hybridized carbons (Fsp3) is 0.500. The molecule has 1 N–H and O–H groups in total. The molecule has 1 aliphatic rings. The van der Waals surface area contributed by atoms with Crippen LogP contribution in [-0.2, 0) is 11.2 Å². The number of nitrogens with one attached hydrogen (secondary N) is 1. The highest BCUT2D eigenvalue weighted by atomic mass is 19.1. The Bertz CT molecular complexity index is 304. The van der Waals surface area contributed by atoms with Crippen molar-refractivity contribution in [2.75, 3.05) is 13.2 Å². The number of hydrogen-bond donors (Lipinski definition) is 1. The van der Waals surface area contributed by atoms with E-state index in [0.29, 0.717) is 6.04 Å². The standard InChI is InChI=1S/C12H16FNO/c1-9-8-15-12(7-14-9)6-10-2-4-11(13)5-3-10/h2-5,9,12,14H,6-8H2,1H3/t9-,12-/m0/s1. The molecule has 82 valence electrons. The first kappa shape index (κ1) is 10.6. The Morgan fingerprint density at radius 3 is 2.73 bits per heavy atom. The number of morpholine rings is 1. The molecule has 1 fully saturated rings. The molecule has 2 rings (SSSR count). The van der Waals surface area contributed by atoms with Crippen molar-refractivity contribution in [3.05, 3.63) is 35.6 Å². The zero-order valence-electron chi connectivity index (χ0n) is 8.87. The Labute approximate surface area is 89.4 Å². The van der Waals surface area contributed by atoms with E-state index in [4.69, 9.17) is 4.74 Å². The van der Waals surface area contributed by atoms with E-state index in [1.807, 2.05) is 12.1 Å². The summed E-state index contributed by atoms with van der Waals surface area (Å²) in [5, 5.41) is 3.36. The van der Waals surface area contributed by atoms with Crippen LogP contribution < -0.4 is 5.32 Å². The second-order valence-electron chi connectivity index (χ2n) is 4.10. The van der Waals surface area contributed by atoms with Crippen LogP contribution in [0.25, 0.3) is 0 Å². The van der Waals surface area contributed by atoms with Crippen LogP contribution in [0.15, 0.2) is 24.3 Å². The van der Waals surface area contributed by atoms with Gasteiger partial charge in [-0.1, -0.05) is 12.1 Å². The predicted octanol–water partition coefficient (Wildman–Crippen LogP) is 1.75. The van der Waals surface area contributed by atoms with Gasteiger partial charge in [0.1, 0.15) is 5.82 Å². The maximum absolute atomic E-state index is 12.7. The minimum Gasteiger partial charge on any atom is -0.375 e. The number of hydrogen-bond acceptors (Lipinski definition) is 2. The van der Waals surface area contributed by atoms with Crippen LogP contribution in [0.2, 0.25) is 0 Å². The molecule has 0 spiro atoms. The molecule has 0 saturated carbocycles. The molecule has 2 atom stereocenters. The van der Waals surface area contributed by atoms with E-state index in [2.05, 4.69) is 12.2 Å². The van der Waals surface area contributed by atoms with Crippen molar-refractivity contribution in [1.82, 2.24) is 5.32 Å². The number of benzene rings is 1. The lowest BCUT2D eigenvalue weighted by Crippen LogP contribution is -2.45. The van der Waals surface area contributed by atoms with Crippen LogP contribution in [-0.4, -0.2) is 25.3 Å². The molecule has 1 saturated heterocycles. The van der Waals surface area contributed by atoms with Crippen molar-refractivity contribution >= 4 is 0 Å². The molecule has 1 heterocycles. The zero-order valence-corrected chi connectivity index (χ0v) is 8.87. The molecule has 0 amide bonds. The second kappa shape index (κ2) is 4.73. The Morgan fingerprint density at radius 2 is 2.13 bits per heavy atom. The van der Waals surface area contributed by atoms with Gasteiger partial charge in [-0.3, -0.25) is 0 Å². The quantitative estimate of drug-likeness (QED) is 0.801. The summed E-state index contributed by atoms with van der Waals surface area (Å²) in [5.74, 6) is -0.185. The Hall–Kier alpha value is -0.930. The second-order valence-corrected chi connectivity index (χ2v) is 4.10. The Morgan fingerprint density at radius 1 is 1.40 bits per heavy atom. The molecule has 0 aliphatic carbocycles. The minimum atomic E-state index is -0.185. The van der Waals surface area contributed by atoms with Gasteiger partial charge in [0.25, 0.3) is 0 Å². The Kier molecular flexibility index (Phi) is 3.34. The third-order valence-electron chi connectivity index (χ3n) is 2.65. The molecule has 1 aromatic rings. The van der Waals surface area contributed by atoms with Gasteiger partial charge < -0.3 is 10.1 Å². The van der Waals surface area contributed by atoms with Gasteiger partial charge in [-0.15, -0.1) is 0 Å². The van der Waals surface area contributed by atoms with Gasteiger partial charge in [-0.25, -0.2) is 4.39 Å². The monoisotopic (exact) mass is 209 g/mol. The van der Waals surface area contributed by atoms with Crippen LogP contribution >= 0.6 is 0 Å². The number of halogens is 1. The van der Waals surface area contributed by atoms with Crippen molar-refractivity contribution in [3.63, 3.8) is 0 Å². The van der Waals surface area contributed by atoms with Crippen LogP contribution in [0.4, 0.5) is 4.39 Å². The SMILES string of the molecule is C[C@H]1CO[C@@H](Cc2ccc(F)cc2)CN1. The van der Waals surface area contributed by atoms with Crippen molar-refractivity contribution in [3.8, 4) is 0 Å².